The maximum absolute atomic E-state index is 5.41. The molecule has 0 saturated carbocycles. The summed E-state index contributed by atoms with van der Waals surface area (Å²) in [7, 11) is 0. The van der Waals surface area contributed by atoms with E-state index >= 15 is 0 Å². The SMILES string of the molecule is CCCCOCCNc1cnc(N)cn1. The van der Waals surface area contributed by atoms with E-state index in [-0.39, 0.29) is 0 Å². The van der Waals surface area contributed by atoms with Crippen LogP contribution in [0.3, 0.4) is 0 Å². The first kappa shape index (κ1) is 11.7. The molecule has 1 aromatic heterocycles. The molecule has 3 N–H and O–H groups in total. The highest BCUT2D eigenvalue weighted by Crippen LogP contribution is 2.00. The summed E-state index contributed by atoms with van der Waals surface area (Å²) >= 11 is 0. The van der Waals surface area contributed by atoms with Gasteiger partial charge in [-0.1, -0.05) is 13.3 Å². The summed E-state index contributed by atoms with van der Waals surface area (Å²) in [6.45, 7) is 4.39. The molecule has 0 bridgehead atoms. The van der Waals surface area contributed by atoms with Gasteiger partial charge in [0.15, 0.2) is 0 Å². The molecule has 5 nitrogen and oxygen atoms in total. The highest BCUT2D eigenvalue weighted by molar-refractivity contribution is 5.35. The fourth-order valence-corrected chi connectivity index (χ4v) is 1.03. The molecule has 0 aliphatic rings. The first-order valence-electron chi connectivity index (χ1n) is 5.22. The lowest BCUT2D eigenvalue weighted by Crippen LogP contribution is -2.11. The number of nitrogens with one attached hydrogen (secondary N) is 1. The summed E-state index contributed by atoms with van der Waals surface area (Å²) in [6, 6.07) is 0. The molecule has 1 heterocycles. The first-order chi connectivity index (χ1) is 7.33. The molecule has 0 aliphatic heterocycles. The fourth-order valence-electron chi connectivity index (χ4n) is 1.03. The van der Waals surface area contributed by atoms with Crippen LogP contribution in [0.25, 0.3) is 0 Å². The maximum Gasteiger partial charge on any atom is 0.144 e. The number of nitrogens with two attached hydrogens (primary N) is 1. The van der Waals surface area contributed by atoms with Crippen molar-refractivity contribution in [2.24, 2.45) is 0 Å². The van der Waals surface area contributed by atoms with Gasteiger partial charge in [-0.05, 0) is 6.42 Å². The van der Waals surface area contributed by atoms with Gasteiger partial charge in [0.05, 0.1) is 19.0 Å². The number of hydrogen-bond donors (Lipinski definition) is 2. The van der Waals surface area contributed by atoms with Crippen LogP contribution in [0.4, 0.5) is 11.6 Å². The molecule has 0 atom stereocenters. The molecule has 0 spiro atoms. The Morgan fingerprint density at radius 1 is 1.33 bits per heavy atom. The molecular weight excluding hydrogens is 192 g/mol. The monoisotopic (exact) mass is 210 g/mol. The molecule has 0 fully saturated rings. The predicted octanol–water partition coefficient (Wildman–Crippen LogP) is 1.29. The third-order valence-electron chi connectivity index (χ3n) is 1.87. The zero-order valence-corrected chi connectivity index (χ0v) is 9.07. The van der Waals surface area contributed by atoms with E-state index in [1.807, 2.05) is 0 Å². The molecule has 0 amide bonds. The van der Waals surface area contributed by atoms with Crippen LogP contribution in [-0.2, 0) is 4.74 Å². The number of unbranched alkanes of at least 4 members (excludes halogenated alkanes) is 1. The van der Waals surface area contributed by atoms with E-state index in [1.54, 1.807) is 6.20 Å². The van der Waals surface area contributed by atoms with Gasteiger partial charge in [-0.25, -0.2) is 9.97 Å². The number of anilines is 2. The minimum absolute atomic E-state index is 0.430. The van der Waals surface area contributed by atoms with E-state index in [4.69, 9.17) is 10.5 Å². The van der Waals surface area contributed by atoms with Crippen LogP contribution in [0.2, 0.25) is 0 Å². The second-order valence-electron chi connectivity index (χ2n) is 3.22. The smallest absolute Gasteiger partial charge is 0.144 e. The Morgan fingerprint density at radius 3 is 2.87 bits per heavy atom. The standard InChI is InChI=1S/C10H18N4O/c1-2-3-5-15-6-4-12-10-8-13-9(11)7-14-10/h7-8H,2-6H2,1H3,(H2,11,13)(H,12,14). The Hall–Kier alpha value is -1.36. The quantitative estimate of drug-likeness (QED) is 0.663. The Kier molecular flexibility index (Phi) is 5.47. The molecule has 1 aromatic rings. The summed E-state index contributed by atoms with van der Waals surface area (Å²) < 4.78 is 5.38. The molecule has 0 radical (unpaired) electrons. The van der Waals surface area contributed by atoms with E-state index in [1.165, 1.54) is 6.20 Å². The number of rotatable bonds is 7. The molecular formula is C10H18N4O. The molecule has 0 unspecified atom stereocenters. The number of ether oxygens (including phenoxy) is 1. The molecule has 5 heteroatoms. The molecule has 1 rings (SSSR count). The van der Waals surface area contributed by atoms with Crippen molar-refractivity contribution in [2.75, 3.05) is 30.8 Å². The Labute approximate surface area is 90.1 Å². The Bertz CT molecular complexity index is 263. The third-order valence-corrected chi connectivity index (χ3v) is 1.87. The lowest BCUT2D eigenvalue weighted by Gasteiger charge is -2.05. The highest BCUT2D eigenvalue weighted by Gasteiger charge is 1.93. The van der Waals surface area contributed by atoms with Crippen molar-refractivity contribution in [3.63, 3.8) is 0 Å². The van der Waals surface area contributed by atoms with Gasteiger partial charge < -0.3 is 15.8 Å². The number of hydrogen-bond acceptors (Lipinski definition) is 5. The van der Waals surface area contributed by atoms with E-state index in [2.05, 4.69) is 22.2 Å². The van der Waals surface area contributed by atoms with Crippen molar-refractivity contribution in [1.82, 2.24) is 9.97 Å². The number of nitrogen functional groups attached to an aromatic ring is 1. The van der Waals surface area contributed by atoms with Gasteiger partial charge in [-0.2, -0.15) is 0 Å². The highest BCUT2D eigenvalue weighted by atomic mass is 16.5. The van der Waals surface area contributed by atoms with Crippen LogP contribution in [-0.4, -0.2) is 29.7 Å². The summed E-state index contributed by atoms with van der Waals surface area (Å²) in [6.07, 6.45) is 5.42. The van der Waals surface area contributed by atoms with Crippen molar-refractivity contribution < 1.29 is 4.74 Å². The number of aromatic nitrogens is 2. The van der Waals surface area contributed by atoms with E-state index in [9.17, 15) is 0 Å². The minimum atomic E-state index is 0.430. The average molecular weight is 210 g/mol. The van der Waals surface area contributed by atoms with Gasteiger partial charge in [0.1, 0.15) is 11.6 Å². The molecule has 84 valence electrons. The van der Waals surface area contributed by atoms with Crippen LogP contribution in [0.5, 0.6) is 0 Å². The normalized spacial score (nSPS) is 10.2. The zero-order valence-electron chi connectivity index (χ0n) is 9.07. The van der Waals surface area contributed by atoms with Crippen LogP contribution in [0.1, 0.15) is 19.8 Å². The van der Waals surface area contributed by atoms with Gasteiger partial charge in [0.2, 0.25) is 0 Å². The van der Waals surface area contributed by atoms with Crippen LogP contribution >= 0.6 is 0 Å². The second-order valence-corrected chi connectivity index (χ2v) is 3.22. The zero-order chi connectivity index (χ0) is 10.9. The van der Waals surface area contributed by atoms with Gasteiger partial charge in [-0.3, -0.25) is 0 Å². The van der Waals surface area contributed by atoms with Crippen LogP contribution < -0.4 is 11.1 Å². The molecule has 15 heavy (non-hydrogen) atoms. The lowest BCUT2D eigenvalue weighted by molar-refractivity contribution is 0.141. The van der Waals surface area contributed by atoms with Crippen molar-refractivity contribution >= 4 is 11.6 Å². The average Bonchev–Trinajstić information content (AvgIpc) is 2.26. The van der Waals surface area contributed by atoms with E-state index in [0.717, 1.165) is 31.8 Å². The van der Waals surface area contributed by atoms with Crippen LogP contribution in [0, 0.1) is 0 Å². The van der Waals surface area contributed by atoms with Gasteiger partial charge in [-0.15, -0.1) is 0 Å². The molecule has 0 aromatic carbocycles. The van der Waals surface area contributed by atoms with Crippen LogP contribution in [0.15, 0.2) is 12.4 Å². The Morgan fingerprint density at radius 2 is 2.20 bits per heavy atom. The Balaban J connectivity index is 2.07. The van der Waals surface area contributed by atoms with Gasteiger partial charge >= 0.3 is 0 Å². The topological polar surface area (TPSA) is 73.1 Å². The van der Waals surface area contributed by atoms with E-state index in [0.29, 0.717) is 12.4 Å². The fraction of sp³-hybridized carbons (Fsp3) is 0.600. The van der Waals surface area contributed by atoms with Gasteiger partial charge in [0, 0.05) is 13.2 Å². The van der Waals surface area contributed by atoms with Crippen molar-refractivity contribution in [2.45, 2.75) is 19.8 Å². The maximum atomic E-state index is 5.41. The number of nitrogens with zero attached hydrogens (tertiary/aromatic N) is 2. The van der Waals surface area contributed by atoms with Crippen molar-refractivity contribution in [3.05, 3.63) is 12.4 Å². The summed E-state index contributed by atoms with van der Waals surface area (Å²) in [5.74, 6) is 1.16. The van der Waals surface area contributed by atoms with Gasteiger partial charge in [0.25, 0.3) is 0 Å². The lowest BCUT2D eigenvalue weighted by atomic mass is 10.4. The van der Waals surface area contributed by atoms with Crippen molar-refractivity contribution in [1.29, 1.82) is 0 Å². The third kappa shape index (κ3) is 5.17. The van der Waals surface area contributed by atoms with Crippen molar-refractivity contribution in [3.8, 4) is 0 Å². The summed E-state index contributed by atoms with van der Waals surface area (Å²) in [5.41, 5.74) is 5.41. The van der Waals surface area contributed by atoms with E-state index < -0.39 is 0 Å². The summed E-state index contributed by atoms with van der Waals surface area (Å²) in [5, 5.41) is 3.09. The first-order valence-corrected chi connectivity index (χ1v) is 5.22. The minimum Gasteiger partial charge on any atom is -0.382 e. The molecule has 0 saturated heterocycles. The molecule has 0 aliphatic carbocycles. The largest absolute Gasteiger partial charge is 0.382 e. The second kappa shape index (κ2) is 7.00. The predicted molar refractivity (Wildman–Crippen MR) is 60.7 cm³/mol. The summed E-state index contributed by atoms with van der Waals surface area (Å²) in [4.78, 5) is 7.98.